The Morgan fingerprint density at radius 3 is 1.08 bits per heavy atom. The van der Waals surface area contributed by atoms with Crippen LogP contribution in [0.4, 0.5) is 83.0 Å². The van der Waals surface area contributed by atoms with Gasteiger partial charge in [0.15, 0.2) is 0 Å². The summed E-state index contributed by atoms with van der Waals surface area (Å²) >= 11 is 0. The molecule has 136 heavy (non-hydrogen) atoms. The lowest BCUT2D eigenvalue weighted by molar-refractivity contribution is -0.118. The van der Waals surface area contributed by atoms with Crippen LogP contribution in [0, 0.1) is 48.3 Å². The van der Waals surface area contributed by atoms with Gasteiger partial charge in [0.1, 0.15) is 88.3 Å². The number of hydrogen-bond acceptors (Lipinski definition) is 27. The fourth-order valence-corrected chi connectivity index (χ4v) is 17.9. The average Bonchev–Trinajstić information content (AvgIpc) is 1.76. The molecule has 704 valence electrons. The minimum Gasteiger partial charge on any atom is -0.396 e. The summed E-state index contributed by atoms with van der Waals surface area (Å²) in [5, 5.41) is 40.2. The topological polar surface area (TPSA) is 499 Å². The number of rotatable bonds is 25. The average molecular weight is 1850 g/mol. The maximum absolute atomic E-state index is 13.1. The highest BCUT2D eigenvalue weighted by Crippen LogP contribution is 2.44. The minimum atomic E-state index is -1.05. The van der Waals surface area contributed by atoms with Gasteiger partial charge in [0.05, 0.1) is 45.9 Å². The standard InChI is InChI=1S/2C22H24N4O2.C20H17FN6O.2C18H22FN5O2/c2*1-3-13-6-4-5-7-16(13)19-9-14-10-20(24-11-18(14)21(23)25-19)26-22(27)17-8-15(17)12-28-2;1-9-12(7-24-15-2-3-23-18(9)15)16-4-10-5-17(25-8-13(10)19(22)26-16)27-20(28)11-6-14(11)21;2*19-14-8-12(14)18(26)22-15-6-10-7-16(23-17(20)13(10)9-21-15)24-4-1-2-11(24)3-5-25/h2*4-7,9-11,15,17H,3,8,12H2,1-2H3,(H2,23,25)(H,24,26,27);2-5,7-8,11,14,23H,6H2,1H3,(H2,22,26)(H,25,27,28);2*6-7,9,11-12,14,25H,1-5,8H2,(H2,20,23)(H,21,22,26)/t2*15-,17+;11-,14+;2*11?,12-,14+/m10010/s1. The molecule has 7 aliphatic rings. The first-order valence-electron chi connectivity index (χ1n) is 46.0. The summed E-state index contributed by atoms with van der Waals surface area (Å²) in [4.78, 5) is 117. The molecule has 0 bridgehead atoms. The van der Waals surface area contributed by atoms with E-state index in [-0.39, 0.29) is 85.9 Å². The van der Waals surface area contributed by atoms with Crippen molar-refractivity contribution in [2.45, 2.75) is 135 Å². The number of halogens is 3. The molecule has 12 atom stereocenters. The number of carbonyl (C=O) groups excluding carboxylic acids is 5. The smallest absolute Gasteiger partial charge is 0.231 e. The number of aliphatic hydroxyl groups excluding tert-OH is 2. The Kier molecular flexibility index (Phi) is 28.0. The number of fused-ring (bicyclic) bond motifs is 6. The number of H-pyrrole nitrogens is 1. The van der Waals surface area contributed by atoms with Gasteiger partial charge >= 0.3 is 0 Å². The van der Waals surface area contributed by atoms with Crippen LogP contribution < -0.4 is 65.1 Å². The molecule has 0 spiro atoms. The molecule has 0 radical (unpaired) electrons. The zero-order valence-corrected chi connectivity index (χ0v) is 76.0. The fraction of sp³-hybridized carbons (Fsp3) is 0.360. The predicted molar refractivity (Wildman–Crippen MR) is 522 cm³/mol. The molecule has 7 fully saturated rings. The van der Waals surface area contributed by atoms with Crippen LogP contribution in [-0.4, -0.2) is 184 Å². The first-order chi connectivity index (χ1) is 65.8. The second-order valence-corrected chi connectivity index (χ2v) is 35.6. The minimum absolute atomic E-state index is 0.00643. The normalized spacial score (nSPS) is 20.8. The number of aromatic nitrogens is 12. The summed E-state index contributed by atoms with van der Waals surface area (Å²) in [7, 11) is 3.32. The van der Waals surface area contributed by atoms with Crippen LogP contribution in [-0.2, 0) is 46.3 Å². The highest BCUT2D eigenvalue weighted by Gasteiger charge is 2.47. The molecule has 18 N–H and O–H groups in total. The molecule has 14 aromatic rings. The van der Waals surface area contributed by atoms with Crippen LogP contribution in [0.25, 0.3) is 98.7 Å². The van der Waals surface area contributed by atoms with Gasteiger partial charge in [-0.3, -0.25) is 29.0 Å². The van der Waals surface area contributed by atoms with E-state index >= 15 is 0 Å². The third kappa shape index (κ3) is 21.2. The summed E-state index contributed by atoms with van der Waals surface area (Å²) < 4.78 is 49.4. The van der Waals surface area contributed by atoms with Crippen molar-refractivity contribution >= 4 is 164 Å². The van der Waals surface area contributed by atoms with Crippen molar-refractivity contribution in [3.05, 3.63) is 175 Å². The number of nitrogens with two attached hydrogens (primary N) is 5. The van der Waals surface area contributed by atoms with Crippen molar-refractivity contribution in [1.29, 1.82) is 0 Å². The van der Waals surface area contributed by atoms with Gasteiger partial charge in [-0.05, 0) is 213 Å². The Labute approximate surface area is 781 Å². The van der Waals surface area contributed by atoms with Crippen LogP contribution in [0.3, 0.4) is 0 Å². The van der Waals surface area contributed by atoms with Crippen LogP contribution in [0.5, 0.6) is 0 Å². The molecule has 14 heterocycles. The molecular formula is C100H109F3N24O9. The summed E-state index contributed by atoms with van der Waals surface area (Å²) in [6.45, 7) is 9.50. The number of methoxy groups -OCH3 is 2. The predicted octanol–water partition coefficient (Wildman–Crippen LogP) is 14.4. The molecule has 2 aliphatic heterocycles. The number of nitrogens with zero attached hydrogens (tertiary/aromatic N) is 13. The van der Waals surface area contributed by atoms with Crippen molar-refractivity contribution in [3.8, 4) is 33.8 Å². The number of carbonyl (C=O) groups is 5. The van der Waals surface area contributed by atoms with Gasteiger partial charge in [-0.15, -0.1) is 0 Å². The number of aliphatic hydroxyl groups is 2. The van der Waals surface area contributed by atoms with E-state index in [0.29, 0.717) is 118 Å². The molecule has 2 saturated heterocycles. The highest BCUT2D eigenvalue weighted by molar-refractivity contribution is 6.04. The van der Waals surface area contributed by atoms with E-state index < -0.39 is 36.3 Å². The number of aryl methyl sites for hydroxylation is 3. The third-order valence-corrected chi connectivity index (χ3v) is 26.1. The molecule has 12 aromatic heterocycles. The van der Waals surface area contributed by atoms with E-state index in [1.165, 1.54) is 11.1 Å². The first kappa shape index (κ1) is 93.3. The summed E-state index contributed by atoms with van der Waals surface area (Å²) in [6.07, 6.45) is 18.5. The van der Waals surface area contributed by atoms with E-state index in [0.717, 1.165) is 158 Å². The number of anilines is 12. The number of aromatic amines is 1. The molecule has 2 aromatic carbocycles. The number of hydrogen-bond donors (Lipinski definition) is 13. The SMILES string of the molecule is CCc1ccccc1-c1cc2cc(NC(=O)[C@@H]3C[C@H]3COC)ncc2c(N)n1.CCc1ccccc1-c1cc2cc(NC(=O)[C@H]3C[C@@H]3COC)ncc2c(N)n1.Cc1c(-c2cc3cc(NC(=O)[C@H]4C[C@H]4F)ncc3c(N)n2)cnc2cc[nH]c12.Nc1nc(N2CCCC2CCO)cc2cc(NC(=O)[C@@H]3C[C@@H]3F)ncc12.Nc1nc(N2CCCC2CCO)cc2cc(NC(=O)[C@H]3C[C@H]3F)ncc12. The number of amides is 5. The molecular weight excluding hydrogens is 1740 g/mol. The zero-order chi connectivity index (χ0) is 95.3. The molecule has 5 saturated carbocycles. The first-order valence-corrected chi connectivity index (χ1v) is 46.0. The molecule has 2 unspecified atom stereocenters. The number of alkyl halides is 3. The molecule has 5 aliphatic carbocycles. The Morgan fingerprint density at radius 1 is 0.426 bits per heavy atom. The summed E-state index contributed by atoms with van der Waals surface area (Å²) in [5.41, 5.74) is 41.4. The van der Waals surface area contributed by atoms with Gasteiger partial charge in [0, 0.05) is 165 Å². The van der Waals surface area contributed by atoms with Crippen molar-refractivity contribution in [1.82, 2.24) is 59.8 Å². The largest absolute Gasteiger partial charge is 0.396 e. The maximum atomic E-state index is 13.1. The van der Waals surface area contributed by atoms with Gasteiger partial charge < -0.3 is 89.7 Å². The maximum Gasteiger partial charge on any atom is 0.231 e. The molecule has 33 nitrogen and oxygen atoms in total. The lowest BCUT2D eigenvalue weighted by Gasteiger charge is -2.25. The number of nitrogen functional groups attached to an aromatic ring is 5. The van der Waals surface area contributed by atoms with E-state index in [1.54, 1.807) is 69.6 Å². The van der Waals surface area contributed by atoms with Crippen LogP contribution in [0.15, 0.2) is 159 Å². The fourth-order valence-electron chi connectivity index (χ4n) is 17.9. The van der Waals surface area contributed by atoms with Crippen molar-refractivity contribution in [2.75, 3.05) is 119 Å². The highest BCUT2D eigenvalue weighted by atomic mass is 19.1. The van der Waals surface area contributed by atoms with Crippen LogP contribution in [0.1, 0.15) is 101 Å². The van der Waals surface area contributed by atoms with Crippen molar-refractivity contribution < 1.29 is 56.8 Å². The van der Waals surface area contributed by atoms with E-state index in [2.05, 4.69) is 134 Å². The summed E-state index contributed by atoms with van der Waals surface area (Å²) in [6, 6.07) is 37.4. The van der Waals surface area contributed by atoms with E-state index in [4.69, 9.17) is 38.1 Å². The van der Waals surface area contributed by atoms with Gasteiger partial charge in [-0.1, -0.05) is 62.4 Å². The van der Waals surface area contributed by atoms with Gasteiger partial charge in [0.25, 0.3) is 0 Å². The Hall–Kier alpha value is -14.5. The van der Waals surface area contributed by atoms with Gasteiger partial charge in [0.2, 0.25) is 29.5 Å². The van der Waals surface area contributed by atoms with Crippen molar-refractivity contribution in [3.63, 3.8) is 0 Å². The van der Waals surface area contributed by atoms with Gasteiger partial charge in [-0.25, -0.2) is 63.0 Å². The quantitative estimate of drug-likeness (QED) is 0.0253. The second-order valence-electron chi connectivity index (χ2n) is 35.6. The second kappa shape index (κ2) is 40.8. The Bertz CT molecular complexity index is 6570. The Balaban J connectivity index is 0.000000118. The molecule has 21 rings (SSSR count). The van der Waals surface area contributed by atoms with Crippen molar-refractivity contribution in [2.24, 2.45) is 41.4 Å². The van der Waals surface area contributed by atoms with E-state index in [1.807, 2.05) is 85.9 Å². The van der Waals surface area contributed by atoms with Crippen LogP contribution in [0.2, 0.25) is 0 Å². The monoisotopic (exact) mass is 1850 g/mol. The lowest BCUT2D eigenvalue weighted by Crippen LogP contribution is -2.30. The number of ether oxygens (including phenoxy) is 2. The van der Waals surface area contributed by atoms with Crippen LogP contribution >= 0.6 is 0 Å². The molecule has 5 amide bonds. The summed E-state index contributed by atoms with van der Waals surface area (Å²) in [5.74, 6) is 3.58. The molecule has 36 heteroatoms. The zero-order valence-electron chi connectivity index (χ0n) is 76.0. The third-order valence-electron chi connectivity index (χ3n) is 26.1. The van der Waals surface area contributed by atoms with E-state index in [9.17, 15) is 47.4 Å². The Morgan fingerprint density at radius 2 is 0.750 bits per heavy atom. The van der Waals surface area contributed by atoms with Gasteiger partial charge in [-0.2, -0.15) is 0 Å². The lowest BCUT2D eigenvalue weighted by atomic mass is 10.0. The number of pyridine rings is 11. The number of benzene rings is 2. The number of nitrogens with one attached hydrogen (secondary N) is 6.